The Morgan fingerprint density at radius 3 is 1.82 bits per heavy atom. The lowest BCUT2D eigenvalue weighted by molar-refractivity contribution is -0.150. The molecule has 1 aliphatic heterocycles. The van der Waals surface area contributed by atoms with Crippen molar-refractivity contribution >= 4 is 27.7 Å². The van der Waals surface area contributed by atoms with Crippen molar-refractivity contribution in [3.05, 3.63) is 85.5 Å². The molecule has 0 N–H and O–H groups in total. The van der Waals surface area contributed by atoms with Crippen LogP contribution in [0.2, 0.25) is 18.1 Å². The van der Waals surface area contributed by atoms with Crippen LogP contribution < -0.4 is 10.4 Å². The first kappa shape index (κ1) is 31.7. The van der Waals surface area contributed by atoms with Crippen LogP contribution >= 0.6 is 0 Å². The fourth-order valence-corrected chi connectivity index (χ4v) is 8.78. The molecule has 0 spiro atoms. The number of rotatable bonds is 10. The molecule has 0 radical (unpaired) electrons. The van der Waals surface area contributed by atoms with E-state index >= 15 is 0 Å². The van der Waals surface area contributed by atoms with E-state index in [1.165, 1.54) is 10.4 Å². The number of hydrogen-bond acceptors (Lipinski definition) is 4. The molecule has 39 heavy (non-hydrogen) atoms. The van der Waals surface area contributed by atoms with Crippen molar-refractivity contribution in [2.75, 3.05) is 0 Å². The highest BCUT2D eigenvalue weighted by molar-refractivity contribution is 6.80. The average Bonchev–Trinajstić information content (AvgIpc) is 3.17. The van der Waals surface area contributed by atoms with Crippen molar-refractivity contribution in [2.45, 2.75) is 104 Å². The second-order valence-corrected chi connectivity index (χ2v) is 20.9. The van der Waals surface area contributed by atoms with E-state index in [4.69, 9.17) is 18.3 Å². The first-order valence-corrected chi connectivity index (χ1v) is 18.6. The van der Waals surface area contributed by atoms with Crippen LogP contribution in [0.15, 0.2) is 85.5 Å². The van der Waals surface area contributed by atoms with Gasteiger partial charge in [0.2, 0.25) is 9.04 Å². The molecule has 214 valence electrons. The predicted molar refractivity (Wildman–Crippen MR) is 169 cm³/mol. The van der Waals surface area contributed by atoms with Gasteiger partial charge in [0.15, 0.2) is 14.1 Å². The van der Waals surface area contributed by atoms with Gasteiger partial charge in [0, 0.05) is 0 Å². The molecule has 1 saturated heterocycles. The van der Waals surface area contributed by atoms with E-state index in [9.17, 15) is 0 Å². The molecule has 6 heteroatoms. The van der Waals surface area contributed by atoms with Gasteiger partial charge in [-0.15, -0.1) is 6.58 Å². The second-order valence-electron chi connectivity index (χ2n) is 13.8. The van der Waals surface area contributed by atoms with Gasteiger partial charge < -0.3 is 18.3 Å². The molecule has 4 nitrogen and oxygen atoms in total. The third-order valence-electron chi connectivity index (χ3n) is 7.89. The molecule has 0 saturated carbocycles. The van der Waals surface area contributed by atoms with Crippen LogP contribution in [0.3, 0.4) is 0 Å². The highest BCUT2D eigenvalue weighted by Crippen LogP contribution is 2.43. The molecular formula is C33H50O4Si2. The molecule has 0 amide bonds. The summed E-state index contributed by atoms with van der Waals surface area (Å²) in [5.74, 6) is -0.783. The zero-order chi connectivity index (χ0) is 29.2. The van der Waals surface area contributed by atoms with Crippen LogP contribution in [0.4, 0.5) is 0 Å². The van der Waals surface area contributed by atoms with Crippen LogP contribution in [0.25, 0.3) is 0 Å². The van der Waals surface area contributed by atoms with Gasteiger partial charge in [0.25, 0.3) is 0 Å². The highest BCUT2D eigenvalue weighted by Gasteiger charge is 2.51. The molecule has 1 fully saturated rings. The minimum absolute atomic E-state index is 0.0526. The molecule has 0 bridgehead atoms. The van der Waals surface area contributed by atoms with E-state index < -0.39 is 29.2 Å². The predicted octanol–water partition coefficient (Wildman–Crippen LogP) is 6.61. The first-order chi connectivity index (χ1) is 18.0. The maximum Gasteiger partial charge on any atom is 0.240 e. The summed E-state index contributed by atoms with van der Waals surface area (Å²) in [5.41, 5.74) is 0.657. The van der Waals surface area contributed by atoms with Crippen LogP contribution in [-0.2, 0) is 18.3 Å². The Bertz CT molecular complexity index is 1060. The van der Waals surface area contributed by atoms with E-state index in [0.29, 0.717) is 0 Å². The lowest BCUT2D eigenvalue weighted by Crippen LogP contribution is -2.53. The van der Waals surface area contributed by atoms with Crippen molar-refractivity contribution < 1.29 is 18.3 Å². The Kier molecular flexibility index (Phi) is 9.74. The first-order valence-electron chi connectivity index (χ1n) is 14.1. The lowest BCUT2D eigenvalue weighted by Gasteiger charge is -2.42. The molecule has 0 aromatic heterocycles. The molecule has 1 aliphatic rings. The van der Waals surface area contributed by atoms with Crippen LogP contribution in [0, 0.1) is 5.41 Å². The Balaban J connectivity index is 2.00. The maximum atomic E-state index is 7.19. The summed E-state index contributed by atoms with van der Waals surface area (Å²) in [7, 11) is -4.16. The Morgan fingerprint density at radius 2 is 1.41 bits per heavy atom. The Morgan fingerprint density at radius 1 is 0.923 bits per heavy atom. The zero-order valence-corrected chi connectivity index (χ0v) is 27.9. The SMILES string of the molecule is C=CC(O[Si](C)(C)C(C)(C)C)C1OC(C)(C)OC1C(=C)C(O[SiH](c1ccccc1)c1ccccc1)C(C)(C)C. The van der Waals surface area contributed by atoms with Gasteiger partial charge in [-0.1, -0.05) is 115 Å². The second kappa shape index (κ2) is 12.0. The van der Waals surface area contributed by atoms with E-state index in [2.05, 4.69) is 116 Å². The van der Waals surface area contributed by atoms with E-state index in [0.717, 1.165) is 5.57 Å². The molecular weight excluding hydrogens is 517 g/mol. The molecule has 3 rings (SSSR count). The summed E-state index contributed by atoms with van der Waals surface area (Å²) in [4.78, 5) is 0. The fourth-order valence-electron chi connectivity index (χ4n) is 4.82. The molecule has 0 aliphatic carbocycles. The third-order valence-corrected chi connectivity index (χ3v) is 14.9. The summed E-state index contributed by atoms with van der Waals surface area (Å²) in [5, 5.41) is 2.52. The summed E-state index contributed by atoms with van der Waals surface area (Å²) in [6.45, 7) is 30.5. The van der Waals surface area contributed by atoms with Crippen LogP contribution in [0.1, 0.15) is 55.4 Å². The monoisotopic (exact) mass is 566 g/mol. The lowest BCUT2D eigenvalue weighted by atomic mass is 9.82. The van der Waals surface area contributed by atoms with Gasteiger partial charge >= 0.3 is 0 Å². The fraction of sp³-hybridized carbons (Fsp3) is 0.515. The third kappa shape index (κ3) is 7.69. The van der Waals surface area contributed by atoms with Crippen molar-refractivity contribution in [1.29, 1.82) is 0 Å². The molecule has 2 aromatic rings. The average molecular weight is 567 g/mol. The summed E-state index contributed by atoms with van der Waals surface area (Å²) in [6.07, 6.45) is 0.498. The van der Waals surface area contributed by atoms with Gasteiger partial charge in [-0.25, -0.2) is 0 Å². The van der Waals surface area contributed by atoms with Gasteiger partial charge in [-0.05, 0) is 53.3 Å². The van der Waals surface area contributed by atoms with Crippen LogP contribution in [0.5, 0.6) is 0 Å². The van der Waals surface area contributed by atoms with Crippen molar-refractivity contribution in [1.82, 2.24) is 0 Å². The summed E-state index contributed by atoms with van der Waals surface area (Å²) >= 11 is 0. The number of ether oxygens (including phenoxy) is 2. The molecule has 4 atom stereocenters. The molecule has 1 heterocycles. The van der Waals surface area contributed by atoms with Gasteiger partial charge in [0.05, 0.1) is 12.2 Å². The van der Waals surface area contributed by atoms with Crippen molar-refractivity contribution in [3.63, 3.8) is 0 Å². The quantitative estimate of drug-likeness (QED) is 0.240. The standard InChI is InChI=1S/C33H50O4Si2/c1-13-27(37-39(11,12)32(6,7)8)29-28(34-33(9,10)35-29)24(2)30(31(3,4)5)36-38(25-20-16-14-17-21-25)26-22-18-15-19-23-26/h13-23,27-30,38H,1-2H2,3-12H3. The maximum absolute atomic E-state index is 7.19. The van der Waals surface area contributed by atoms with Gasteiger partial charge in [0.1, 0.15) is 12.2 Å². The molecule has 2 aromatic carbocycles. The number of benzene rings is 2. The van der Waals surface area contributed by atoms with Crippen molar-refractivity contribution in [2.24, 2.45) is 5.41 Å². The highest BCUT2D eigenvalue weighted by atomic mass is 28.4. The van der Waals surface area contributed by atoms with E-state index in [1.807, 2.05) is 32.1 Å². The summed E-state index contributed by atoms with van der Waals surface area (Å²) in [6, 6.07) is 21.1. The normalized spacial score (nSPS) is 21.5. The zero-order valence-electron chi connectivity index (χ0n) is 25.8. The smallest absolute Gasteiger partial charge is 0.240 e. The topological polar surface area (TPSA) is 36.9 Å². The van der Waals surface area contributed by atoms with Crippen molar-refractivity contribution in [3.8, 4) is 0 Å². The van der Waals surface area contributed by atoms with E-state index in [-0.39, 0.29) is 28.8 Å². The van der Waals surface area contributed by atoms with E-state index in [1.54, 1.807) is 0 Å². The Labute approximate surface area is 240 Å². The Hall–Kier alpha value is -1.81. The van der Waals surface area contributed by atoms with Crippen LogP contribution in [-0.4, -0.2) is 47.6 Å². The van der Waals surface area contributed by atoms with Gasteiger partial charge in [-0.2, -0.15) is 0 Å². The molecule has 4 unspecified atom stereocenters. The number of hydrogen-bond donors (Lipinski definition) is 0. The minimum atomic E-state index is -2.11. The largest absolute Gasteiger partial charge is 0.408 e. The van der Waals surface area contributed by atoms with Gasteiger partial charge in [-0.3, -0.25) is 0 Å². The summed E-state index contributed by atoms with van der Waals surface area (Å²) < 4.78 is 27.1. The minimum Gasteiger partial charge on any atom is -0.408 e.